The van der Waals surface area contributed by atoms with Crippen LogP contribution in [0, 0.1) is 10.1 Å². The number of carbonyl (C=O) groups excluding carboxylic acids is 1. The van der Waals surface area contributed by atoms with Crippen LogP contribution >= 0.6 is 0 Å². The lowest BCUT2D eigenvalue weighted by Crippen LogP contribution is -2.17. The second-order valence-electron chi connectivity index (χ2n) is 7.54. The van der Waals surface area contributed by atoms with E-state index in [4.69, 9.17) is 0 Å². The van der Waals surface area contributed by atoms with Crippen molar-refractivity contribution in [2.45, 2.75) is 32.7 Å². The molecule has 0 aliphatic heterocycles. The van der Waals surface area contributed by atoms with Gasteiger partial charge in [0.1, 0.15) is 11.4 Å². The summed E-state index contributed by atoms with van der Waals surface area (Å²) in [6.45, 7) is 6.59. The number of nitro groups is 1. The molecule has 0 radical (unpaired) electrons. The van der Waals surface area contributed by atoms with Crippen LogP contribution in [0.1, 0.15) is 42.4 Å². The third-order valence-electron chi connectivity index (χ3n) is 4.31. The second-order valence-corrected chi connectivity index (χ2v) is 7.54. The first kappa shape index (κ1) is 19.3. The molecule has 0 saturated carbocycles. The summed E-state index contributed by atoms with van der Waals surface area (Å²) in [5.74, 6) is -0.0427. The Morgan fingerprint density at radius 1 is 1.11 bits per heavy atom. The Morgan fingerprint density at radius 3 is 2.39 bits per heavy atom. The van der Waals surface area contributed by atoms with E-state index in [-0.39, 0.29) is 16.7 Å². The maximum absolute atomic E-state index is 12.7. The van der Waals surface area contributed by atoms with Crippen LogP contribution in [0.5, 0.6) is 0 Å². The van der Waals surface area contributed by atoms with E-state index in [1.165, 1.54) is 18.2 Å². The molecule has 3 aromatic rings. The van der Waals surface area contributed by atoms with Crippen LogP contribution < -0.4 is 5.32 Å². The monoisotopic (exact) mass is 378 g/mol. The fourth-order valence-electron chi connectivity index (χ4n) is 2.77. The molecule has 7 nitrogen and oxygen atoms in total. The van der Waals surface area contributed by atoms with Crippen molar-refractivity contribution in [3.63, 3.8) is 0 Å². The molecular formula is C21H22N4O3. The van der Waals surface area contributed by atoms with Crippen LogP contribution in [-0.4, -0.2) is 20.6 Å². The third-order valence-corrected chi connectivity index (χ3v) is 4.31. The zero-order valence-corrected chi connectivity index (χ0v) is 16.0. The van der Waals surface area contributed by atoms with Gasteiger partial charge in [0, 0.05) is 17.5 Å². The first-order chi connectivity index (χ1) is 13.3. The molecule has 0 spiro atoms. The fraction of sp³-hybridized carbons (Fsp3) is 0.238. The predicted molar refractivity (Wildman–Crippen MR) is 108 cm³/mol. The summed E-state index contributed by atoms with van der Waals surface area (Å²) in [6.07, 6.45) is 0. The zero-order chi connectivity index (χ0) is 20.3. The first-order valence-corrected chi connectivity index (χ1v) is 8.93. The summed E-state index contributed by atoms with van der Waals surface area (Å²) in [4.78, 5) is 23.4. The number of aromatic nitrogens is 2. The van der Waals surface area contributed by atoms with Crippen molar-refractivity contribution in [2.24, 2.45) is 0 Å². The van der Waals surface area contributed by atoms with Gasteiger partial charge in [-0.25, -0.2) is 4.68 Å². The molecule has 0 fully saturated rings. The number of para-hydroxylation sites is 1. The number of amides is 1. The maximum Gasteiger partial charge on any atom is 0.282 e. The Balaban J connectivity index is 1.95. The molecule has 1 amide bonds. The van der Waals surface area contributed by atoms with Crippen molar-refractivity contribution in [1.29, 1.82) is 0 Å². The largest absolute Gasteiger partial charge is 0.307 e. The van der Waals surface area contributed by atoms with E-state index in [0.717, 1.165) is 11.3 Å². The minimum Gasteiger partial charge on any atom is -0.307 e. The molecule has 1 N–H and O–H groups in total. The number of carbonyl (C=O) groups is 1. The molecule has 2 aromatic carbocycles. The third kappa shape index (κ3) is 4.25. The minimum absolute atomic E-state index is 0.0114. The molecule has 1 aromatic heterocycles. The standard InChI is InChI=1S/C21H22N4O3/c1-21(2,3)18-13-19(24(23-18)14-15-9-5-4-6-10-15)22-20(26)16-11-7-8-12-17(16)25(27)28/h4-13H,14H2,1-3H3,(H,22,26). The average Bonchev–Trinajstić information content (AvgIpc) is 3.05. The summed E-state index contributed by atoms with van der Waals surface area (Å²) >= 11 is 0. The Morgan fingerprint density at radius 2 is 1.75 bits per heavy atom. The molecule has 3 rings (SSSR count). The van der Waals surface area contributed by atoms with E-state index in [0.29, 0.717) is 12.4 Å². The maximum atomic E-state index is 12.7. The van der Waals surface area contributed by atoms with Crippen LogP contribution in [-0.2, 0) is 12.0 Å². The molecule has 0 aliphatic rings. The molecule has 144 valence electrons. The lowest BCUT2D eigenvalue weighted by atomic mass is 9.92. The highest BCUT2D eigenvalue weighted by molar-refractivity contribution is 6.06. The molecule has 0 unspecified atom stereocenters. The molecule has 28 heavy (non-hydrogen) atoms. The SMILES string of the molecule is CC(C)(C)c1cc(NC(=O)c2ccccc2[N+](=O)[O-])n(Cc2ccccc2)n1. The number of rotatable bonds is 5. The summed E-state index contributed by atoms with van der Waals surface area (Å²) in [7, 11) is 0. The van der Waals surface area contributed by atoms with Gasteiger partial charge in [0.05, 0.1) is 17.2 Å². The highest BCUT2D eigenvalue weighted by Gasteiger charge is 2.24. The van der Waals surface area contributed by atoms with Crippen molar-refractivity contribution in [3.05, 3.63) is 87.6 Å². The number of nitrogens with one attached hydrogen (secondary N) is 1. The molecule has 0 bridgehead atoms. The van der Waals surface area contributed by atoms with Crippen molar-refractivity contribution >= 4 is 17.4 Å². The van der Waals surface area contributed by atoms with Gasteiger partial charge in [0.25, 0.3) is 11.6 Å². The van der Waals surface area contributed by atoms with Gasteiger partial charge in [-0.1, -0.05) is 63.2 Å². The molecular weight excluding hydrogens is 356 g/mol. The van der Waals surface area contributed by atoms with Gasteiger partial charge in [-0.2, -0.15) is 5.10 Å². The molecule has 0 aliphatic carbocycles. The first-order valence-electron chi connectivity index (χ1n) is 8.93. The van der Waals surface area contributed by atoms with E-state index in [1.54, 1.807) is 10.7 Å². The van der Waals surface area contributed by atoms with Gasteiger partial charge in [-0.3, -0.25) is 14.9 Å². The van der Waals surface area contributed by atoms with Crippen LogP contribution in [0.15, 0.2) is 60.7 Å². The lowest BCUT2D eigenvalue weighted by Gasteiger charge is -2.14. The topological polar surface area (TPSA) is 90.1 Å². The predicted octanol–water partition coefficient (Wildman–Crippen LogP) is 4.39. The van der Waals surface area contributed by atoms with Gasteiger partial charge in [-0.05, 0) is 11.6 Å². The number of nitrogens with zero attached hydrogens (tertiary/aromatic N) is 3. The van der Waals surface area contributed by atoms with Crippen LogP contribution in [0.25, 0.3) is 0 Å². The summed E-state index contributed by atoms with van der Waals surface area (Å²) < 4.78 is 1.71. The minimum atomic E-state index is -0.559. The molecule has 0 atom stereocenters. The van der Waals surface area contributed by atoms with Crippen molar-refractivity contribution in [2.75, 3.05) is 5.32 Å². The number of benzene rings is 2. The van der Waals surface area contributed by atoms with Crippen LogP contribution in [0.4, 0.5) is 11.5 Å². The normalized spacial score (nSPS) is 11.2. The zero-order valence-electron chi connectivity index (χ0n) is 16.0. The lowest BCUT2D eigenvalue weighted by molar-refractivity contribution is -0.385. The highest BCUT2D eigenvalue weighted by atomic mass is 16.6. The van der Waals surface area contributed by atoms with Gasteiger partial charge < -0.3 is 5.32 Å². The number of anilines is 1. The number of hydrogen-bond donors (Lipinski definition) is 1. The van der Waals surface area contributed by atoms with Gasteiger partial charge in [-0.15, -0.1) is 0 Å². The Labute approximate surface area is 163 Å². The van der Waals surface area contributed by atoms with Gasteiger partial charge >= 0.3 is 0 Å². The Kier molecular flexibility index (Phi) is 5.26. The van der Waals surface area contributed by atoms with E-state index in [1.807, 2.05) is 57.2 Å². The van der Waals surface area contributed by atoms with E-state index < -0.39 is 10.8 Å². The van der Waals surface area contributed by atoms with Gasteiger partial charge in [0.2, 0.25) is 0 Å². The second kappa shape index (κ2) is 7.64. The molecule has 7 heteroatoms. The van der Waals surface area contributed by atoms with Crippen molar-refractivity contribution in [3.8, 4) is 0 Å². The van der Waals surface area contributed by atoms with E-state index >= 15 is 0 Å². The van der Waals surface area contributed by atoms with Crippen LogP contribution in [0.3, 0.4) is 0 Å². The highest BCUT2D eigenvalue weighted by Crippen LogP contribution is 2.26. The van der Waals surface area contributed by atoms with Crippen molar-refractivity contribution < 1.29 is 9.72 Å². The quantitative estimate of drug-likeness (QED) is 0.527. The van der Waals surface area contributed by atoms with Crippen molar-refractivity contribution in [1.82, 2.24) is 9.78 Å². The average molecular weight is 378 g/mol. The smallest absolute Gasteiger partial charge is 0.282 e. The van der Waals surface area contributed by atoms with E-state index in [2.05, 4.69) is 10.4 Å². The van der Waals surface area contributed by atoms with E-state index in [9.17, 15) is 14.9 Å². The fourth-order valence-corrected chi connectivity index (χ4v) is 2.77. The summed E-state index contributed by atoms with van der Waals surface area (Å²) in [5, 5.41) is 18.7. The number of hydrogen-bond acceptors (Lipinski definition) is 4. The Bertz CT molecular complexity index is 1000. The number of nitro benzene ring substituents is 1. The van der Waals surface area contributed by atoms with Crippen LogP contribution in [0.2, 0.25) is 0 Å². The Hall–Kier alpha value is -3.48. The van der Waals surface area contributed by atoms with Gasteiger partial charge in [0.15, 0.2) is 0 Å². The molecule has 0 saturated heterocycles. The summed E-state index contributed by atoms with van der Waals surface area (Å²) in [6, 6.07) is 17.5. The summed E-state index contributed by atoms with van der Waals surface area (Å²) in [5.41, 5.74) is 1.43. The molecule has 1 heterocycles.